The molecular weight excluding hydrogens is 454 g/mol. The highest BCUT2D eigenvalue weighted by atomic mass is 16.6. The van der Waals surface area contributed by atoms with Gasteiger partial charge in [0.05, 0.1) is 4.92 Å². The first-order chi connectivity index (χ1) is 17.5. The number of nitro benzene ring substituents is 1. The fourth-order valence-corrected chi connectivity index (χ4v) is 3.90. The van der Waals surface area contributed by atoms with E-state index in [0.717, 1.165) is 22.8 Å². The average Bonchev–Trinajstić information content (AvgIpc) is 2.91. The zero-order valence-electron chi connectivity index (χ0n) is 19.6. The van der Waals surface area contributed by atoms with Gasteiger partial charge in [0, 0.05) is 23.4 Å². The van der Waals surface area contributed by atoms with Crippen LogP contribution in [0.3, 0.4) is 0 Å². The summed E-state index contributed by atoms with van der Waals surface area (Å²) in [6, 6.07) is 26.9. The lowest BCUT2D eigenvalue weighted by molar-refractivity contribution is -0.384. The third-order valence-electron chi connectivity index (χ3n) is 5.75. The van der Waals surface area contributed by atoms with Crippen molar-refractivity contribution in [2.75, 3.05) is 5.32 Å². The number of anilines is 1. The van der Waals surface area contributed by atoms with Crippen molar-refractivity contribution in [2.24, 2.45) is 0 Å². The molecule has 0 saturated heterocycles. The van der Waals surface area contributed by atoms with Crippen LogP contribution in [-0.2, 0) is 17.8 Å². The summed E-state index contributed by atoms with van der Waals surface area (Å²) >= 11 is 0. The van der Waals surface area contributed by atoms with Crippen LogP contribution in [-0.4, -0.2) is 10.8 Å². The van der Waals surface area contributed by atoms with E-state index in [1.807, 2.05) is 61.5 Å². The van der Waals surface area contributed by atoms with Crippen LogP contribution < -0.4 is 10.1 Å². The fraction of sp³-hybridized carbons (Fsp3) is 0.103. The summed E-state index contributed by atoms with van der Waals surface area (Å²) in [6.45, 7) is 2.08. The van der Waals surface area contributed by atoms with Crippen LogP contribution in [0.1, 0.15) is 23.6 Å². The van der Waals surface area contributed by atoms with E-state index in [0.29, 0.717) is 22.6 Å². The lowest BCUT2D eigenvalue weighted by Crippen LogP contribution is -2.14. The van der Waals surface area contributed by atoms with Crippen LogP contribution in [0.5, 0.6) is 5.75 Å². The largest absolute Gasteiger partial charge is 0.488 e. The number of carbonyl (C=O) groups excluding carboxylic acids is 1. The first-order valence-corrected chi connectivity index (χ1v) is 11.4. The summed E-state index contributed by atoms with van der Waals surface area (Å²) in [5.41, 5.74) is 2.74. The first kappa shape index (κ1) is 24.2. The van der Waals surface area contributed by atoms with Gasteiger partial charge in [-0.3, -0.25) is 14.9 Å². The molecule has 0 atom stereocenters. The molecule has 0 heterocycles. The molecule has 0 aliphatic rings. The Kier molecular flexibility index (Phi) is 7.37. The Morgan fingerprint density at radius 2 is 1.83 bits per heavy atom. The first-order valence-electron chi connectivity index (χ1n) is 11.4. The number of ether oxygens (including phenoxy) is 1. The molecule has 0 bridgehead atoms. The molecule has 7 heteroatoms. The molecular formula is C29H23N3O4. The van der Waals surface area contributed by atoms with Gasteiger partial charge >= 0.3 is 0 Å². The summed E-state index contributed by atoms with van der Waals surface area (Å²) in [6.07, 6.45) is 2.26. The zero-order chi connectivity index (χ0) is 25.5. The molecule has 1 N–H and O–H groups in total. The number of nitriles is 1. The minimum Gasteiger partial charge on any atom is -0.488 e. The molecule has 0 aliphatic heterocycles. The van der Waals surface area contributed by atoms with Gasteiger partial charge < -0.3 is 10.1 Å². The van der Waals surface area contributed by atoms with Gasteiger partial charge in [0.2, 0.25) is 0 Å². The van der Waals surface area contributed by atoms with Gasteiger partial charge in [-0.05, 0) is 46.5 Å². The Labute approximate surface area is 208 Å². The predicted octanol–water partition coefficient (Wildman–Crippen LogP) is 6.44. The number of non-ortho nitro benzene ring substituents is 1. The Hall–Kier alpha value is -4.96. The Balaban J connectivity index is 1.70. The van der Waals surface area contributed by atoms with Crippen molar-refractivity contribution in [2.45, 2.75) is 20.0 Å². The maximum Gasteiger partial charge on any atom is 0.269 e. The molecule has 1 amide bonds. The van der Waals surface area contributed by atoms with E-state index in [2.05, 4.69) is 5.32 Å². The molecule has 0 unspecified atom stereocenters. The van der Waals surface area contributed by atoms with Crippen molar-refractivity contribution in [3.8, 4) is 11.8 Å². The number of nitrogens with one attached hydrogen (secondary N) is 1. The van der Waals surface area contributed by atoms with E-state index >= 15 is 0 Å². The maximum atomic E-state index is 13.0. The number of amides is 1. The lowest BCUT2D eigenvalue weighted by Gasteiger charge is -2.13. The third-order valence-corrected chi connectivity index (χ3v) is 5.75. The summed E-state index contributed by atoms with van der Waals surface area (Å²) in [7, 11) is 0. The molecule has 0 saturated carbocycles. The standard InChI is InChI=1S/C29H23N3O4/c1-2-21-9-4-6-13-27(21)31-29(33)23(18-30)17-26-25-12-5-3-10-22(25)14-15-28(26)36-19-20-8-7-11-24(16-20)32(34)35/h3-17H,2,19H2,1H3,(H,31,33)/b23-17+. The number of hydrogen-bond acceptors (Lipinski definition) is 5. The minimum absolute atomic E-state index is 0.0227. The van der Waals surface area contributed by atoms with Gasteiger partial charge in [-0.2, -0.15) is 5.26 Å². The van der Waals surface area contributed by atoms with E-state index in [1.165, 1.54) is 18.2 Å². The smallest absolute Gasteiger partial charge is 0.269 e. The number of para-hydroxylation sites is 1. The number of rotatable bonds is 8. The molecule has 0 aromatic heterocycles. The van der Waals surface area contributed by atoms with E-state index in [9.17, 15) is 20.2 Å². The summed E-state index contributed by atoms with van der Waals surface area (Å²) in [5.74, 6) is -0.0642. The zero-order valence-corrected chi connectivity index (χ0v) is 19.6. The van der Waals surface area contributed by atoms with Gasteiger partial charge in [0.15, 0.2) is 0 Å². The quantitative estimate of drug-likeness (QED) is 0.136. The van der Waals surface area contributed by atoms with Crippen LogP contribution in [0, 0.1) is 21.4 Å². The number of aryl methyl sites for hydroxylation is 1. The SMILES string of the molecule is CCc1ccccc1NC(=O)/C(C#N)=C/c1c(OCc2cccc([N+](=O)[O-])c2)ccc2ccccc12. The maximum absolute atomic E-state index is 13.0. The van der Waals surface area contributed by atoms with E-state index in [1.54, 1.807) is 24.3 Å². The molecule has 4 aromatic rings. The van der Waals surface area contributed by atoms with Crippen LogP contribution in [0.15, 0.2) is 90.5 Å². The number of carbonyl (C=O) groups is 1. The van der Waals surface area contributed by atoms with Crippen molar-refractivity contribution in [3.63, 3.8) is 0 Å². The molecule has 178 valence electrons. The molecule has 4 rings (SSSR count). The highest BCUT2D eigenvalue weighted by Crippen LogP contribution is 2.31. The number of hydrogen-bond donors (Lipinski definition) is 1. The van der Waals surface area contributed by atoms with Crippen LogP contribution in [0.25, 0.3) is 16.8 Å². The van der Waals surface area contributed by atoms with E-state index in [4.69, 9.17) is 4.74 Å². The monoisotopic (exact) mass is 477 g/mol. The molecule has 0 radical (unpaired) electrons. The van der Waals surface area contributed by atoms with Gasteiger partial charge in [-0.15, -0.1) is 0 Å². The summed E-state index contributed by atoms with van der Waals surface area (Å²) in [5, 5.41) is 25.5. The second-order valence-electron chi connectivity index (χ2n) is 8.05. The minimum atomic E-state index is -0.518. The highest BCUT2D eigenvalue weighted by Gasteiger charge is 2.15. The summed E-state index contributed by atoms with van der Waals surface area (Å²) in [4.78, 5) is 23.7. The average molecular weight is 478 g/mol. The highest BCUT2D eigenvalue weighted by molar-refractivity contribution is 6.11. The molecule has 4 aromatic carbocycles. The Morgan fingerprint density at radius 3 is 2.61 bits per heavy atom. The lowest BCUT2D eigenvalue weighted by atomic mass is 10.0. The van der Waals surface area contributed by atoms with Gasteiger partial charge in [-0.25, -0.2) is 0 Å². The number of nitro groups is 1. The summed E-state index contributed by atoms with van der Waals surface area (Å²) < 4.78 is 6.04. The molecule has 0 fully saturated rings. The fourth-order valence-electron chi connectivity index (χ4n) is 3.90. The van der Waals surface area contributed by atoms with Crippen molar-refractivity contribution in [1.29, 1.82) is 5.26 Å². The number of nitrogens with zero attached hydrogens (tertiary/aromatic N) is 2. The van der Waals surface area contributed by atoms with Crippen LogP contribution >= 0.6 is 0 Å². The normalized spacial score (nSPS) is 11.1. The van der Waals surface area contributed by atoms with Gasteiger partial charge in [0.25, 0.3) is 11.6 Å². The van der Waals surface area contributed by atoms with Crippen LogP contribution in [0.4, 0.5) is 11.4 Å². The molecule has 0 aliphatic carbocycles. The van der Waals surface area contributed by atoms with Crippen molar-refractivity contribution in [3.05, 3.63) is 117 Å². The van der Waals surface area contributed by atoms with Crippen LogP contribution in [0.2, 0.25) is 0 Å². The Bertz CT molecular complexity index is 1520. The molecule has 36 heavy (non-hydrogen) atoms. The topological polar surface area (TPSA) is 105 Å². The number of benzene rings is 4. The van der Waals surface area contributed by atoms with Crippen molar-refractivity contribution >= 4 is 34.1 Å². The third kappa shape index (κ3) is 5.40. The van der Waals surface area contributed by atoms with E-state index in [-0.39, 0.29) is 17.9 Å². The predicted molar refractivity (Wildman–Crippen MR) is 139 cm³/mol. The van der Waals surface area contributed by atoms with Crippen molar-refractivity contribution in [1.82, 2.24) is 0 Å². The second-order valence-corrected chi connectivity index (χ2v) is 8.05. The second kappa shape index (κ2) is 11.0. The van der Waals surface area contributed by atoms with E-state index < -0.39 is 10.8 Å². The van der Waals surface area contributed by atoms with Gasteiger partial charge in [-0.1, -0.05) is 67.6 Å². The molecule has 0 spiro atoms. The number of fused-ring (bicyclic) bond motifs is 1. The molecule has 7 nitrogen and oxygen atoms in total. The van der Waals surface area contributed by atoms with Gasteiger partial charge in [0.1, 0.15) is 24.0 Å². The van der Waals surface area contributed by atoms with Crippen molar-refractivity contribution < 1.29 is 14.5 Å². The Morgan fingerprint density at radius 1 is 1.06 bits per heavy atom.